The fourth-order valence-electron chi connectivity index (χ4n) is 2.19. The zero-order valence-electron chi connectivity index (χ0n) is 12.3. The van der Waals surface area contributed by atoms with E-state index in [1.54, 1.807) is 47.2 Å². The molecule has 0 unspecified atom stereocenters. The number of carbonyl (C=O) groups is 2. The van der Waals surface area contributed by atoms with Gasteiger partial charge < -0.3 is 15.0 Å². The van der Waals surface area contributed by atoms with Crippen LogP contribution in [0.3, 0.4) is 0 Å². The summed E-state index contributed by atoms with van der Waals surface area (Å²) in [5, 5.41) is 12.0. The van der Waals surface area contributed by atoms with Gasteiger partial charge in [-0.15, -0.1) is 0 Å². The minimum Gasteiger partial charge on any atom is -0.479 e. The van der Waals surface area contributed by atoms with Crippen molar-refractivity contribution >= 4 is 27.8 Å². The molecule has 116 valence electrons. The Labute approximate surface area is 137 Å². The Morgan fingerprint density at radius 3 is 2.41 bits per heavy atom. The van der Waals surface area contributed by atoms with Crippen molar-refractivity contribution in [2.45, 2.75) is 25.9 Å². The monoisotopic (exact) mass is 364 g/mol. The van der Waals surface area contributed by atoms with E-state index in [1.807, 2.05) is 13.8 Å². The lowest BCUT2D eigenvalue weighted by molar-refractivity contribution is -0.139. The first-order valence-electron chi connectivity index (χ1n) is 6.86. The fraction of sp³-hybridized carbons (Fsp3) is 0.250. The lowest BCUT2D eigenvalue weighted by atomic mass is 10.1. The molecule has 0 aliphatic rings. The number of carboxylic acids is 1. The SMILES string of the molecule is CC(C)n1cc(Br)cc1C(=O)N[C@@H](C(=O)O)c1ccccc1. The van der Waals surface area contributed by atoms with Crippen molar-refractivity contribution in [1.29, 1.82) is 0 Å². The number of benzene rings is 1. The molecule has 5 nitrogen and oxygen atoms in total. The Morgan fingerprint density at radius 1 is 1.23 bits per heavy atom. The van der Waals surface area contributed by atoms with Gasteiger partial charge in [-0.2, -0.15) is 0 Å². The predicted octanol–water partition coefficient (Wildman–Crippen LogP) is 3.39. The molecule has 0 aliphatic carbocycles. The quantitative estimate of drug-likeness (QED) is 0.853. The second-order valence-electron chi connectivity index (χ2n) is 5.20. The number of amides is 1. The average Bonchev–Trinajstić information content (AvgIpc) is 2.87. The van der Waals surface area contributed by atoms with E-state index in [-0.39, 0.29) is 6.04 Å². The molecule has 22 heavy (non-hydrogen) atoms. The van der Waals surface area contributed by atoms with E-state index in [0.717, 1.165) is 4.47 Å². The molecule has 0 saturated heterocycles. The van der Waals surface area contributed by atoms with Gasteiger partial charge in [0.25, 0.3) is 5.91 Å². The number of nitrogens with one attached hydrogen (secondary N) is 1. The van der Waals surface area contributed by atoms with Gasteiger partial charge in [0.1, 0.15) is 5.69 Å². The van der Waals surface area contributed by atoms with E-state index in [1.165, 1.54) is 0 Å². The Kier molecular flexibility index (Phi) is 5.03. The summed E-state index contributed by atoms with van der Waals surface area (Å²) in [4.78, 5) is 23.9. The van der Waals surface area contributed by atoms with Gasteiger partial charge in [-0.1, -0.05) is 30.3 Å². The van der Waals surface area contributed by atoms with Crippen LogP contribution in [0.25, 0.3) is 0 Å². The van der Waals surface area contributed by atoms with Crippen molar-refractivity contribution in [3.8, 4) is 0 Å². The number of halogens is 1. The smallest absolute Gasteiger partial charge is 0.330 e. The first-order chi connectivity index (χ1) is 10.4. The Bertz CT molecular complexity index is 680. The maximum atomic E-state index is 12.5. The van der Waals surface area contributed by atoms with Gasteiger partial charge in [0.15, 0.2) is 6.04 Å². The lowest BCUT2D eigenvalue weighted by Crippen LogP contribution is -2.35. The molecule has 0 saturated carbocycles. The molecule has 0 spiro atoms. The van der Waals surface area contributed by atoms with Crippen molar-refractivity contribution in [1.82, 2.24) is 9.88 Å². The number of aromatic nitrogens is 1. The number of carboxylic acid groups (broad SMARTS) is 1. The topological polar surface area (TPSA) is 71.3 Å². The van der Waals surface area contributed by atoms with Gasteiger partial charge in [0, 0.05) is 16.7 Å². The predicted molar refractivity (Wildman–Crippen MR) is 86.8 cm³/mol. The van der Waals surface area contributed by atoms with Crippen LogP contribution in [0, 0.1) is 0 Å². The summed E-state index contributed by atoms with van der Waals surface area (Å²) in [6.07, 6.45) is 1.80. The van der Waals surface area contributed by atoms with Crippen molar-refractivity contribution in [2.24, 2.45) is 0 Å². The summed E-state index contributed by atoms with van der Waals surface area (Å²) in [5.74, 6) is -1.52. The Balaban J connectivity index is 2.28. The second-order valence-corrected chi connectivity index (χ2v) is 6.12. The molecule has 2 N–H and O–H groups in total. The molecular weight excluding hydrogens is 348 g/mol. The number of carbonyl (C=O) groups excluding carboxylic acids is 1. The zero-order chi connectivity index (χ0) is 16.3. The number of aliphatic carboxylic acids is 1. The molecule has 1 atom stereocenters. The normalized spacial score (nSPS) is 12.2. The third-order valence-electron chi connectivity index (χ3n) is 3.26. The number of nitrogens with zero attached hydrogens (tertiary/aromatic N) is 1. The number of hydrogen-bond acceptors (Lipinski definition) is 2. The van der Waals surface area contributed by atoms with E-state index >= 15 is 0 Å². The second kappa shape index (κ2) is 6.79. The lowest BCUT2D eigenvalue weighted by Gasteiger charge is -2.17. The zero-order valence-corrected chi connectivity index (χ0v) is 13.9. The Morgan fingerprint density at radius 2 is 1.86 bits per heavy atom. The standard InChI is InChI=1S/C16H17BrN2O3/c1-10(2)19-9-12(17)8-13(19)15(20)18-14(16(21)22)11-6-4-3-5-7-11/h3-10,14H,1-2H3,(H,18,20)(H,21,22)/t14-/m1/s1. The molecular formula is C16H17BrN2O3. The maximum absolute atomic E-state index is 12.5. The van der Waals surface area contributed by atoms with Crippen LogP contribution >= 0.6 is 15.9 Å². The van der Waals surface area contributed by atoms with Crippen LogP contribution in [0.15, 0.2) is 47.1 Å². The minimum atomic E-state index is -1.10. The van der Waals surface area contributed by atoms with E-state index in [4.69, 9.17) is 0 Å². The van der Waals surface area contributed by atoms with Gasteiger partial charge in [0.05, 0.1) is 0 Å². The van der Waals surface area contributed by atoms with Crippen LogP contribution in [-0.4, -0.2) is 21.6 Å². The summed E-state index contributed by atoms with van der Waals surface area (Å²) >= 11 is 3.34. The van der Waals surface area contributed by atoms with Crippen LogP contribution < -0.4 is 5.32 Å². The van der Waals surface area contributed by atoms with E-state index in [0.29, 0.717) is 11.3 Å². The highest BCUT2D eigenvalue weighted by atomic mass is 79.9. The van der Waals surface area contributed by atoms with Gasteiger partial charge in [-0.05, 0) is 41.4 Å². The van der Waals surface area contributed by atoms with Crippen molar-refractivity contribution < 1.29 is 14.7 Å². The van der Waals surface area contributed by atoms with Crippen molar-refractivity contribution in [3.05, 3.63) is 58.3 Å². The molecule has 2 aromatic rings. The fourth-order valence-corrected chi connectivity index (χ4v) is 2.63. The first-order valence-corrected chi connectivity index (χ1v) is 7.65. The third kappa shape index (κ3) is 3.57. The van der Waals surface area contributed by atoms with E-state index < -0.39 is 17.9 Å². The molecule has 0 radical (unpaired) electrons. The number of rotatable bonds is 5. The highest BCUT2D eigenvalue weighted by molar-refractivity contribution is 9.10. The van der Waals surface area contributed by atoms with E-state index in [2.05, 4.69) is 21.2 Å². The summed E-state index contributed by atoms with van der Waals surface area (Å²) in [6, 6.07) is 9.32. The van der Waals surface area contributed by atoms with Crippen LogP contribution in [0.5, 0.6) is 0 Å². The molecule has 1 heterocycles. The largest absolute Gasteiger partial charge is 0.479 e. The summed E-state index contributed by atoms with van der Waals surface area (Å²) in [7, 11) is 0. The van der Waals surface area contributed by atoms with Crippen LogP contribution in [0.4, 0.5) is 0 Å². The highest BCUT2D eigenvalue weighted by Gasteiger charge is 2.24. The Hall–Kier alpha value is -2.08. The molecule has 0 bridgehead atoms. The minimum absolute atomic E-state index is 0.0899. The average molecular weight is 365 g/mol. The molecule has 6 heteroatoms. The summed E-state index contributed by atoms with van der Waals surface area (Å²) < 4.78 is 2.57. The van der Waals surface area contributed by atoms with Gasteiger partial charge in [0.2, 0.25) is 0 Å². The summed E-state index contributed by atoms with van der Waals surface area (Å²) in [5.41, 5.74) is 0.953. The van der Waals surface area contributed by atoms with Gasteiger partial charge in [-0.3, -0.25) is 4.79 Å². The van der Waals surface area contributed by atoms with Gasteiger partial charge >= 0.3 is 5.97 Å². The van der Waals surface area contributed by atoms with Crippen molar-refractivity contribution in [3.63, 3.8) is 0 Å². The summed E-state index contributed by atoms with van der Waals surface area (Å²) in [6.45, 7) is 3.91. The maximum Gasteiger partial charge on any atom is 0.330 e. The van der Waals surface area contributed by atoms with Gasteiger partial charge in [-0.25, -0.2) is 4.79 Å². The molecule has 2 rings (SSSR count). The van der Waals surface area contributed by atoms with Crippen LogP contribution in [0.2, 0.25) is 0 Å². The number of hydrogen-bond donors (Lipinski definition) is 2. The van der Waals surface area contributed by atoms with E-state index in [9.17, 15) is 14.7 Å². The molecule has 1 aromatic carbocycles. The van der Waals surface area contributed by atoms with Crippen LogP contribution in [0.1, 0.15) is 42.0 Å². The van der Waals surface area contributed by atoms with Crippen molar-refractivity contribution in [2.75, 3.05) is 0 Å². The third-order valence-corrected chi connectivity index (χ3v) is 3.69. The highest BCUT2D eigenvalue weighted by Crippen LogP contribution is 2.21. The molecule has 1 aromatic heterocycles. The molecule has 0 fully saturated rings. The molecule has 1 amide bonds. The van der Waals surface area contributed by atoms with Crippen LogP contribution in [-0.2, 0) is 4.79 Å². The molecule has 0 aliphatic heterocycles. The first kappa shape index (κ1) is 16.3.